The van der Waals surface area contributed by atoms with Crippen LogP contribution in [0.1, 0.15) is 25.6 Å². The van der Waals surface area contributed by atoms with Gasteiger partial charge in [0.05, 0.1) is 10.0 Å². The lowest BCUT2D eigenvalue weighted by molar-refractivity contribution is 0.0998. The number of primary amides is 1. The normalized spacial score (nSPS) is 10.9. The van der Waals surface area contributed by atoms with Crippen molar-refractivity contribution in [1.29, 1.82) is 0 Å². The number of benzene rings is 2. The van der Waals surface area contributed by atoms with Crippen molar-refractivity contribution in [2.75, 3.05) is 5.32 Å². The van der Waals surface area contributed by atoms with Gasteiger partial charge in [0.15, 0.2) is 0 Å². The van der Waals surface area contributed by atoms with Gasteiger partial charge in [-0.1, -0.05) is 34.8 Å². The standard InChI is InChI=1S/C17H11Cl3N2O2S/c1-7-4-9(2-3-10(7)16(21)23)22-17(24)15-14(20)13-11(19)5-8(18)6-12(13)25-15/h2-6H,1H3,(H2,21,23)(H,22,24). The average Bonchev–Trinajstić information content (AvgIpc) is 2.83. The Balaban J connectivity index is 1.95. The molecule has 0 spiro atoms. The molecule has 0 atom stereocenters. The highest BCUT2D eigenvalue weighted by Crippen LogP contribution is 2.41. The maximum Gasteiger partial charge on any atom is 0.267 e. The van der Waals surface area contributed by atoms with Crippen LogP contribution >= 0.6 is 46.1 Å². The van der Waals surface area contributed by atoms with E-state index in [1.165, 1.54) is 11.3 Å². The van der Waals surface area contributed by atoms with Crippen molar-refractivity contribution in [2.45, 2.75) is 6.92 Å². The third-order valence-corrected chi connectivity index (χ3v) is 5.75. The molecule has 3 rings (SSSR count). The third-order valence-electron chi connectivity index (χ3n) is 3.61. The monoisotopic (exact) mass is 412 g/mol. The number of hydrogen-bond acceptors (Lipinski definition) is 3. The molecule has 1 heterocycles. The van der Waals surface area contributed by atoms with Crippen LogP contribution in [0, 0.1) is 6.92 Å². The van der Waals surface area contributed by atoms with Gasteiger partial charge in [-0.15, -0.1) is 11.3 Å². The predicted molar refractivity (Wildman–Crippen MR) is 105 cm³/mol. The molecular formula is C17H11Cl3N2O2S. The molecule has 0 radical (unpaired) electrons. The van der Waals surface area contributed by atoms with Crippen LogP contribution in [-0.4, -0.2) is 11.8 Å². The van der Waals surface area contributed by atoms with E-state index in [4.69, 9.17) is 40.5 Å². The second kappa shape index (κ2) is 6.84. The topological polar surface area (TPSA) is 72.2 Å². The fourth-order valence-electron chi connectivity index (χ4n) is 2.46. The van der Waals surface area contributed by atoms with E-state index in [2.05, 4.69) is 5.32 Å². The Labute approximate surface area is 162 Å². The molecule has 0 aliphatic heterocycles. The zero-order valence-electron chi connectivity index (χ0n) is 12.8. The maximum atomic E-state index is 12.6. The number of aryl methyl sites for hydroxylation is 1. The molecule has 128 valence electrons. The van der Waals surface area contributed by atoms with E-state index in [9.17, 15) is 9.59 Å². The molecular weight excluding hydrogens is 403 g/mol. The number of amides is 2. The third kappa shape index (κ3) is 3.46. The molecule has 4 nitrogen and oxygen atoms in total. The van der Waals surface area contributed by atoms with Crippen LogP contribution in [0.15, 0.2) is 30.3 Å². The average molecular weight is 414 g/mol. The summed E-state index contributed by atoms with van der Waals surface area (Å²) in [4.78, 5) is 24.2. The van der Waals surface area contributed by atoms with E-state index in [1.54, 1.807) is 37.3 Å². The zero-order valence-corrected chi connectivity index (χ0v) is 15.9. The highest BCUT2D eigenvalue weighted by Gasteiger charge is 2.20. The SMILES string of the molecule is Cc1cc(NC(=O)c2sc3cc(Cl)cc(Cl)c3c2Cl)ccc1C(N)=O. The predicted octanol–water partition coefficient (Wildman–Crippen LogP) is 5.52. The highest BCUT2D eigenvalue weighted by molar-refractivity contribution is 7.21. The van der Waals surface area contributed by atoms with Gasteiger partial charge in [0.1, 0.15) is 4.88 Å². The summed E-state index contributed by atoms with van der Waals surface area (Å²) in [5, 5.41) is 4.51. The molecule has 2 aromatic carbocycles. The Bertz CT molecular complexity index is 1030. The van der Waals surface area contributed by atoms with Crippen LogP contribution in [0.3, 0.4) is 0 Å². The van der Waals surface area contributed by atoms with Gasteiger partial charge >= 0.3 is 0 Å². The van der Waals surface area contributed by atoms with Crippen molar-refractivity contribution in [1.82, 2.24) is 0 Å². The molecule has 0 saturated heterocycles. The molecule has 25 heavy (non-hydrogen) atoms. The summed E-state index contributed by atoms with van der Waals surface area (Å²) in [6.07, 6.45) is 0. The number of hydrogen-bond donors (Lipinski definition) is 2. The number of rotatable bonds is 3. The minimum atomic E-state index is -0.519. The number of carbonyl (C=O) groups is 2. The first-order valence-electron chi connectivity index (χ1n) is 7.06. The second-order valence-electron chi connectivity index (χ2n) is 5.35. The van der Waals surface area contributed by atoms with Crippen molar-refractivity contribution >= 4 is 73.7 Å². The van der Waals surface area contributed by atoms with E-state index in [0.29, 0.717) is 37.1 Å². The van der Waals surface area contributed by atoms with Crippen molar-refractivity contribution in [3.63, 3.8) is 0 Å². The number of thiophene rings is 1. The summed E-state index contributed by atoms with van der Waals surface area (Å²) in [5.74, 6) is -0.890. The van der Waals surface area contributed by atoms with Crippen LogP contribution in [-0.2, 0) is 0 Å². The fourth-order valence-corrected chi connectivity index (χ4v) is 4.74. The lowest BCUT2D eigenvalue weighted by atomic mass is 10.1. The van der Waals surface area contributed by atoms with E-state index < -0.39 is 5.91 Å². The summed E-state index contributed by atoms with van der Waals surface area (Å²) in [5.41, 5.74) is 6.88. The molecule has 3 aromatic rings. The summed E-state index contributed by atoms with van der Waals surface area (Å²) >= 11 is 19.7. The molecule has 0 aliphatic carbocycles. The quantitative estimate of drug-likeness (QED) is 0.593. The van der Waals surface area contributed by atoms with Crippen LogP contribution in [0.4, 0.5) is 5.69 Å². The van der Waals surface area contributed by atoms with Crippen LogP contribution in [0.25, 0.3) is 10.1 Å². The Morgan fingerprint density at radius 2 is 1.84 bits per heavy atom. The Morgan fingerprint density at radius 3 is 2.48 bits per heavy atom. The lowest BCUT2D eigenvalue weighted by Crippen LogP contribution is -2.14. The first-order valence-corrected chi connectivity index (χ1v) is 9.02. The van der Waals surface area contributed by atoms with Crippen LogP contribution in [0.2, 0.25) is 15.1 Å². The Morgan fingerprint density at radius 1 is 1.12 bits per heavy atom. The lowest BCUT2D eigenvalue weighted by Gasteiger charge is -2.07. The number of fused-ring (bicyclic) bond motifs is 1. The first-order chi connectivity index (χ1) is 11.8. The highest BCUT2D eigenvalue weighted by atomic mass is 35.5. The van der Waals surface area contributed by atoms with Gasteiger partial charge in [0, 0.05) is 26.4 Å². The summed E-state index contributed by atoms with van der Waals surface area (Å²) in [6.45, 7) is 1.74. The molecule has 1 aromatic heterocycles. The summed E-state index contributed by atoms with van der Waals surface area (Å²) < 4.78 is 0.730. The van der Waals surface area contributed by atoms with Gasteiger partial charge in [0.25, 0.3) is 5.91 Å². The smallest absolute Gasteiger partial charge is 0.267 e. The molecule has 0 saturated carbocycles. The number of nitrogens with two attached hydrogens (primary N) is 1. The zero-order chi connectivity index (χ0) is 18.3. The first kappa shape index (κ1) is 18.0. The molecule has 0 fully saturated rings. The van der Waals surface area contributed by atoms with Gasteiger partial charge in [0.2, 0.25) is 5.91 Å². The van der Waals surface area contributed by atoms with E-state index in [-0.39, 0.29) is 10.9 Å². The maximum absolute atomic E-state index is 12.6. The van der Waals surface area contributed by atoms with Crippen molar-refractivity contribution in [2.24, 2.45) is 5.73 Å². The fraction of sp³-hybridized carbons (Fsp3) is 0.0588. The Kier molecular flexibility index (Phi) is 4.93. The van der Waals surface area contributed by atoms with Gasteiger partial charge in [-0.3, -0.25) is 9.59 Å². The van der Waals surface area contributed by atoms with Crippen molar-refractivity contribution < 1.29 is 9.59 Å². The molecule has 0 bridgehead atoms. The minimum Gasteiger partial charge on any atom is -0.366 e. The van der Waals surface area contributed by atoms with Gasteiger partial charge < -0.3 is 11.1 Å². The minimum absolute atomic E-state index is 0.282. The largest absolute Gasteiger partial charge is 0.366 e. The van der Waals surface area contributed by atoms with Crippen LogP contribution < -0.4 is 11.1 Å². The van der Waals surface area contributed by atoms with Crippen molar-refractivity contribution in [3.05, 3.63) is 61.4 Å². The molecule has 3 N–H and O–H groups in total. The van der Waals surface area contributed by atoms with E-state index in [1.807, 2.05) is 0 Å². The van der Waals surface area contributed by atoms with Gasteiger partial charge in [-0.05, 0) is 42.8 Å². The number of halogens is 3. The van der Waals surface area contributed by atoms with E-state index >= 15 is 0 Å². The molecule has 0 aliphatic rings. The summed E-state index contributed by atoms with van der Waals surface area (Å²) in [7, 11) is 0. The number of carbonyl (C=O) groups excluding carboxylic acids is 2. The van der Waals surface area contributed by atoms with E-state index in [0.717, 1.165) is 4.70 Å². The number of nitrogens with one attached hydrogen (secondary N) is 1. The Hall–Kier alpha value is -1.79. The second-order valence-corrected chi connectivity index (χ2v) is 7.63. The van der Waals surface area contributed by atoms with Crippen LogP contribution in [0.5, 0.6) is 0 Å². The van der Waals surface area contributed by atoms with Gasteiger partial charge in [-0.2, -0.15) is 0 Å². The molecule has 2 amide bonds. The number of anilines is 1. The van der Waals surface area contributed by atoms with Gasteiger partial charge in [-0.25, -0.2) is 0 Å². The molecule has 0 unspecified atom stereocenters. The molecule has 8 heteroatoms. The summed E-state index contributed by atoms with van der Waals surface area (Å²) in [6, 6.07) is 8.13. The van der Waals surface area contributed by atoms with Crippen molar-refractivity contribution in [3.8, 4) is 0 Å².